The van der Waals surface area contributed by atoms with Crippen molar-refractivity contribution in [2.75, 3.05) is 31.8 Å². The average Bonchev–Trinajstić information content (AvgIpc) is 3.14. The number of rotatable bonds is 7. The van der Waals surface area contributed by atoms with E-state index in [9.17, 15) is 9.90 Å². The molecule has 0 saturated heterocycles. The lowest BCUT2D eigenvalue weighted by Gasteiger charge is -2.19. The summed E-state index contributed by atoms with van der Waals surface area (Å²) in [5, 5.41) is 19.2. The van der Waals surface area contributed by atoms with Gasteiger partial charge in [0.05, 0.1) is 30.1 Å². The smallest absolute Gasteiger partial charge is 0.255 e. The number of aromatic amines is 1. The van der Waals surface area contributed by atoms with Gasteiger partial charge in [-0.1, -0.05) is 0 Å². The summed E-state index contributed by atoms with van der Waals surface area (Å²) in [6, 6.07) is 5.23. The normalized spacial score (nSPS) is 14.2. The van der Waals surface area contributed by atoms with Gasteiger partial charge in [-0.15, -0.1) is 0 Å². The van der Waals surface area contributed by atoms with Gasteiger partial charge in [-0.25, -0.2) is 0 Å². The summed E-state index contributed by atoms with van der Waals surface area (Å²) >= 11 is 1.68. The fraction of sp³-hybridized carbons (Fsp3) is 0.412. The second kappa shape index (κ2) is 8.26. The molecule has 8 heteroatoms. The van der Waals surface area contributed by atoms with Gasteiger partial charge in [0.15, 0.2) is 11.5 Å². The lowest BCUT2D eigenvalue weighted by atomic mass is 10.1. The van der Waals surface area contributed by atoms with Crippen molar-refractivity contribution >= 4 is 17.7 Å². The van der Waals surface area contributed by atoms with Crippen LogP contribution in [0, 0.1) is 0 Å². The summed E-state index contributed by atoms with van der Waals surface area (Å²) in [5.41, 5.74) is 1.83. The molecule has 0 saturated carbocycles. The minimum atomic E-state index is -0.275. The van der Waals surface area contributed by atoms with Crippen molar-refractivity contribution in [3.05, 3.63) is 30.0 Å². The molecule has 0 aliphatic carbocycles. The Morgan fingerprint density at radius 2 is 2.20 bits per heavy atom. The minimum absolute atomic E-state index is 0.0937. The van der Waals surface area contributed by atoms with Gasteiger partial charge in [-0.3, -0.25) is 9.89 Å². The molecule has 2 aromatic rings. The lowest BCUT2D eigenvalue weighted by molar-refractivity contribution is 0.0916. The fourth-order valence-electron chi connectivity index (χ4n) is 2.61. The number of aliphatic hydroxyl groups excluding tert-OH is 1. The standard InChI is InChI=1S/C17H21N3O4S/c1-25-7-4-12(10-21)19-17(22)13-9-18-20-16(13)11-2-3-14-15(8-11)24-6-5-23-14/h2-3,8-9,12,21H,4-7,10H2,1H3,(H,18,20)(H,19,22). The molecule has 0 radical (unpaired) electrons. The Bertz CT molecular complexity index is 734. The Morgan fingerprint density at radius 3 is 2.96 bits per heavy atom. The van der Waals surface area contributed by atoms with Crippen LogP contribution < -0.4 is 14.8 Å². The second-order valence-corrected chi connectivity index (χ2v) is 6.64. The van der Waals surface area contributed by atoms with Crippen molar-refractivity contribution in [1.82, 2.24) is 15.5 Å². The Labute approximate surface area is 150 Å². The minimum Gasteiger partial charge on any atom is -0.486 e. The summed E-state index contributed by atoms with van der Waals surface area (Å²) in [7, 11) is 0. The maximum Gasteiger partial charge on any atom is 0.255 e. The highest BCUT2D eigenvalue weighted by Gasteiger charge is 2.20. The number of hydrogen-bond donors (Lipinski definition) is 3. The Hall–Kier alpha value is -2.19. The van der Waals surface area contributed by atoms with Crippen LogP contribution in [0.25, 0.3) is 11.3 Å². The molecule has 134 valence electrons. The van der Waals surface area contributed by atoms with Gasteiger partial charge in [-0.05, 0) is 36.6 Å². The third-order valence-corrected chi connectivity index (χ3v) is 4.58. The van der Waals surface area contributed by atoms with E-state index < -0.39 is 0 Å². The van der Waals surface area contributed by atoms with Gasteiger partial charge in [0.2, 0.25) is 0 Å². The first kappa shape index (κ1) is 17.6. The van der Waals surface area contributed by atoms with Gasteiger partial charge in [-0.2, -0.15) is 16.9 Å². The van der Waals surface area contributed by atoms with Crippen LogP contribution in [-0.2, 0) is 0 Å². The zero-order valence-electron chi connectivity index (χ0n) is 13.9. The monoisotopic (exact) mass is 363 g/mol. The molecule has 1 amide bonds. The van der Waals surface area contributed by atoms with E-state index >= 15 is 0 Å². The molecule has 0 spiro atoms. The second-order valence-electron chi connectivity index (χ2n) is 5.65. The highest BCUT2D eigenvalue weighted by atomic mass is 32.2. The quantitative estimate of drug-likeness (QED) is 0.693. The van der Waals surface area contributed by atoms with Crippen molar-refractivity contribution in [2.24, 2.45) is 0 Å². The summed E-state index contributed by atoms with van der Waals surface area (Å²) in [6.07, 6.45) is 4.19. The summed E-state index contributed by atoms with van der Waals surface area (Å²) < 4.78 is 11.1. The fourth-order valence-corrected chi connectivity index (χ4v) is 3.13. The van der Waals surface area contributed by atoms with Crippen molar-refractivity contribution in [1.29, 1.82) is 0 Å². The molecule has 1 aliphatic heterocycles. The molecule has 0 bridgehead atoms. The zero-order chi connectivity index (χ0) is 17.6. The first-order valence-corrected chi connectivity index (χ1v) is 9.46. The number of hydrogen-bond acceptors (Lipinski definition) is 6. The summed E-state index contributed by atoms with van der Waals surface area (Å²) in [5.74, 6) is 1.95. The SMILES string of the molecule is CSCCC(CO)NC(=O)c1cn[nH]c1-c1ccc2c(c1)OCCO2. The number of nitrogens with one attached hydrogen (secondary N) is 2. The van der Waals surface area contributed by atoms with Gasteiger partial charge in [0, 0.05) is 5.56 Å². The highest BCUT2D eigenvalue weighted by molar-refractivity contribution is 7.98. The third kappa shape index (κ3) is 4.08. The molecule has 2 heterocycles. The molecule has 1 aromatic heterocycles. The van der Waals surface area contributed by atoms with Gasteiger partial charge in [0.25, 0.3) is 5.91 Å². The molecule has 1 aromatic carbocycles. The van der Waals surface area contributed by atoms with Crippen LogP contribution in [-0.4, -0.2) is 59.1 Å². The number of carbonyl (C=O) groups excluding carboxylic acids is 1. The van der Waals surface area contributed by atoms with Crippen LogP contribution >= 0.6 is 11.8 Å². The van der Waals surface area contributed by atoms with Gasteiger partial charge >= 0.3 is 0 Å². The molecule has 0 fully saturated rings. The molecule has 3 rings (SSSR count). The lowest BCUT2D eigenvalue weighted by Crippen LogP contribution is -2.38. The van der Waals surface area contributed by atoms with Crippen molar-refractivity contribution in [2.45, 2.75) is 12.5 Å². The van der Waals surface area contributed by atoms with E-state index in [1.807, 2.05) is 24.5 Å². The largest absolute Gasteiger partial charge is 0.486 e. The van der Waals surface area contributed by atoms with Gasteiger partial charge < -0.3 is 19.9 Å². The number of nitrogens with zero attached hydrogens (tertiary/aromatic N) is 1. The maximum atomic E-state index is 12.6. The molecular weight excluding hydrogens is 342 g/mol. The number of amides is 1. The average molecular weight is 363 g/mol. The number of H-pyrrole nitrogens is 1. The van der Waals surface area contributed by atoms with Crippen LogP contribution in [0.2, 0.25) is 0 Å². The molecule has 25 heavy (non-hydrogen) atoms. The van der Waals surface area contributed by atoms with Crippen molar-refractivity contribution < 1.29 is 19.4 Å². The number of benzene rings is 1. The number of carbonyl (C=O) groups is 1. The van der Waals surface area contributed by atoms with E-state index in [1.54, 1.807) is 11.8 Å². The third-order valence-electron chi connectivity index (χ3n) is 3.94. The highest BCUT2D eigenvalue weighted by Crippen LogP contribution is 2.34. The first-order valence-electron chi connectivity index (χ1n) is 8.07. The number of thioether (sulfide) groups is 1. The van der Waals surface area contributed by atoms with Crippen molar-refractivity contribution in [3.8, 4) is 22.8 Å². The molecule has 1 unspecified atom stereocenters. The van der Waals surface area contributed by atoms with Crippen molar-refractivity contribution in [3.63, 3.8) is 0 Å². The molecule has 3 N–H and O–H groups in total. The first-order chi connectivity index (χ1) is 12.2. The topological polar surface area (TPSA) is 96.5 Å². The van der Waals surface area contributed by atoms with Crippen LogP contribution in [0.15, 0.2) is 24.4 Å². The van der Waals surface area contributed by atoms with Crippen LogP contribution in [0.5, 0.6) is 11.5 Å². The number of fused-ring (bicyclic) bond motifs is 1. The Morgan fingerprint density at radius 1 is 1.40 bits per heavy atom. The van der Waals surface area contributed by atoms with Crippen LogP contribution in [0.4, 0.5) is 0 Å². The Kier molecular flexibility index (Phi) is 5.83. The molecular formula is C17H21N3O4S. The summed E-state index contributed by atoms with van der Waals surface area (Å²) in [6.45, 7) is 0.937. The maximum absolute atomic E-state index is 12.6. The van der Waals surface area contributed by atoms with E-state index in [4.69, 9.17) is 9.47 Å². The van der Waals surface area contributed by atoms with Crippen LogP contribution in [0.3, 0.4) is 0 Å². The van der Waals surface area contributed by atoms with E-state index in [0.29, 0.717) is 42.4 Å². The molecule has 1 aliphatic rings. The number of aromatic nitrogens is 2. The number of ether oxygens (including phenoxy) is 2. The predicted octanol–water partition coefficient (Wildman–Crippen LogP) is 1.69. The number of aliphatic hydroxyl groups is 1. The Balaban J connectivity index is 1.79. The van der Waals surface area contributed by atoms with E-state index in [2.05, 4.69) is 15.5 Å². The van der Waals surface area contributed by atoms with E-state index in [0.717, 1.165) is 11.3 Å². The zero-order valence-corrected chi connectivity index (χ0v) is 14.8. The molecule has 1 atom stereocenters. The van der Waals surface area contributed by atoms with Crippen LogP contribution in [0.1, 0.15) is 16.8 Å². The molecule has 7 nitrogen and oxygen atoms in total. The predicted molar refractivity (Wildman–Crippen MR) is 96.4 cm³/mol. The van der Waals surface area contributed by atoms with E-state index in [1.165, 1.54) is 6.20 Å². The summed E-state index contributed by atoms with van der Waals surface area (Å²) in [4.78, 5) is 12.6. The van der Waals surface area contributed by atoms with Gasteiger partial charge in [0.1, 0.15) is 13.2 Å². The van der Waals surface area contributed by atoms with E-state index in [-0.39, 0.29) is 18.6 Å².